The maximum atomic E-state index is 13.1. The lowest BCUT2D eigenvalue weighted by Gasteiger charge is -2.19. The van der Waals surface area contributed by atoms with E-state index in [9.17, 15) is 36.2 Å². The van der Waals surface area contributed by atoms with E-state index in [0.29, 0.717) is 17.7 Å². The van der Waals surface area contributed by atoms with E-state index in [0.717, 1.165) is 11.3 Å². The first-order valence-corrected chi connectivity index (χ1v) is 9.62. The molecular weight excluding hydrogens is 468 g/mol. The van der Waals surface area contributed by atoms with Gasteiger partial charge in [-0.2, -0.15) is 26.3 Å². The average molecular weight is 485 g/mol. The zero-order valence-electron chi connectivity index (χ0n) is 17.5. The minimum atomic E-state index is -5.00. The van der Waals surface area contributed by atoms with Gasteiger partial charge < -0.3 is 9.94 Å². The highest BCUT2D eigenvalue weighted by atomic mass is 19.4. The Morgan fingerprint density at radius 3 is 2.12 bits per heavy atom. The van der Waals surface area contributed by atoms with Gasteiger partial charge in [0.25, 0.3) is 0 Å². The van der Waals surface area contributed by atoms with Gasteiger partial charge in [0.2, 0.25) is 0 Å². The molecule has 0 fully saturated rings. The van der Waals surface area contributed by atoms with Crippen LogP contribution in [0.4, 0.5) is 26.3 Å². The number of aromatic nitrogens is 2. The molecule has 34 heavy (non-hydrogen) atoms. The first-order chi connectivity index (χ1) is 15.9. The lowest BCUT2D eigenvalue weighted by Crippen LogP contribution is -2.24. The molecule has 3 rings (SSSR count). The fourth-order valence-corrected chi connectivity index (χ4v) is 3.05. The minimum Gasteiger partial charge on any atom is -0.388 e. The molecule has 0 aliphatic heterocycles. The Morgan fingerprint density at radius 1 is 1.00 bits per heavy atom. The monoisotopic (exact) mass is 485 g/mol. The molecule has 0 saturated carbocycles. The fraction of sp³-hybridized carbons (Fsp3) is 0.227. The van der Waals surface area contributed by atoms with Gasteiger partial charge in [-0.1, -0.05) is 30.3 Å². The summed E-state index contributed by atoms with van der Waals surface area (Å²) >= 11 is 0. The van der Waals surface area contributed by atoms with Crippen LogP contribution in [0, 0.1) is 0 Å². The van der Waals surface area contributed by atoms with E-state index < -0.39 is 42.6 Å². The van der Waals surface area contributed by atoms with E-state index in [1.165, 1.54) is 7.05 Å². The van der Waals surface area contributed by atoms with Crippen LogP contribution < -0.4 is 0 Å². The molecule has 0 atom stereocenters. The van der Waals surface area contributed by atoms with Crippen molar-refractivity contribution in [1.29, 1.82) is 0 Å². The van der Waals surface area contributed by atoms with Gasteiger partial charge in [-0.05, 0) is 23.8 Å². The molecule has 180 valence electrons. The molecule has 0 radical (unpaired) electrons. The van der Waals surface area contributed by atoms with E-state index in [2.05, 4.69) is 9.97 Å². The summed E-state index contributed by atoms with van der Waals surface area (Å²) in [6.07, 6.45) is -8.88. The second-order valence-corrected chi connectivity index (χ2v) is 7.15. The quantitative estimate of drug-likeness (QED) is 0.397. The van der Waals surface area contributed by atoms with Crippen molar-refractivity contribution in [3.63, 3.8) is 0 Å². The molecule has 0 aliphatic rings. The highest BCUT2D eigenvalue weighted by Gasteiger charge is 2.37. The molecule has 0 bridgehead atoms. The van der Waals surface area contributed by atoms with Crippen LogP contribution in [0.5, 0.6) is 0 Å². The maximum absolute atomic E-state index is 13.1. The molecule has 3 aromatic rings. The number of aliphatic hydroxyl groups is 1. The number of rotatable bonds is 6. The molecule has 1 aromatic heterocycles. The van der Waals surface area contributed by atoms with Crippen molar-refractivity contribution in [3.05, 3.63) is 82.8 Å². The van der Waals surface area contributed by atoms with E-state index in [1.807, 2.05) is 0 Å². The number of nitrogens with zero attached hydrogens (tertiary/aromatic N) is 3. The fourth-order valence-electron chi connectivity index (χ4n) is 3.05. The summed E-state index contributed by atoms with van der Waals surface area (Å²) in [5.41, 5.74) is -2.80. The summed E-state index contributed by atoms with van der Waals surface area (Å²) in [6, 6.07) is 9.50. The first-order valence-electron chi connectivity index (χ1n) is 9.62. The van der Waals surface area contributed by atoms with Gasteiger partial charge in [-0.25, -0.2) is 14.8 Å². The zero-order chi connectivity index (χ0) is 25.1. The summed E-state index contributed by atoms with van der Waals surface area (Å²) in [6.45, 7) is -1.05. The van der Waals surface area contributed by atoms with Crippen molar-refractivity contribution in [3.8, 4) is 11.3 Å². The summed E-state index contributed by atoms with van der Waals surface area (Å²) in [4.78, 5) is 25.8. The molecule has 1 heterocycles. The van der Waals surface area contributed by atoms with Crippen LogP contribution in [-0.2, 0) is 30.3 Å². The van der Waals surface area contributed by atoms with Crippen LogP contribution in [0.25, 0.3) is 11.3 Å². The van der Waals surface area contributed by atoms with Gasteiger partial charge in [0.1, 0.15) is 12.2 Å². The second-order valence-electron chi connectivity index (χ2n) is 7.15. The van der Waals surface area contributed by atoms with Crippen LogP contribution >= 0.6 is 0 Å². The van der Waals surface area contributed by atoms with Crippen molar-refractivity contribution < 1.29 is 41.1 Å². The lowest BCUT2D eigenvalue weighted by atomic mass is 10.0. The molecule has 0 aliphatic carbocycles. The third kappa shape index (κ3) is 6.08. The van der Waals surface area contributed by atoms with Crippen LogP contribution in [0.3, 0.4) is 0 Å². The Labute approximate surface area is 189 Å². The molecule has 6 nitrogen and oxygen atoms in total. The van der Waals surface area contributed by atoms with Crippen molar-refractivity contribution in [2.75, 3.05) is 7.05 Å². The van der Waals surface area contributed by atoms with Gasteiger partial charge in [0.05, 0.1) is 23.4 Å². The van der Waals surface area contributed by atoms with E-state index in [1.54, 1.807) is 30.3 Å². The van der Waals surface area contributed by atoms with Crippen molar-refractivity contribution in [2.45, 2.75) is 25.5 Å². The Hall–Kier alpha value is -3.51. The Bertz CT molecular complexity index is 1130. The first kappa shape index (κ1) is 25.1. The molecule has 0 saturated heterocycles. The zero-order valence-corrected chi connectivity index (χ0v) is 17.5. The van der Waals surface area contributed by atoms with Gasteiger partial charge >= 0.3 is 18.3 Å². The normalized spacial score (nSPS) is 12.1. The van der Waals surface area contributed by atoms with E-state index in [4.69, 9.17) is 4.84 Å². The molecule has 2 aromatic carbocycles. The summed E-state index contributed by atoms with van der Waals surface area (Å²) in [5, 5.41) is 10.1. The number of hydrogen-bond acceptors (Lipinski definition) is 6. The van der Waals surface area contributed by atoms with Crippen LogP contribution in [0.2, 0.25) is 0 Å². The molecular formula is C22H17F6N3O3. The molecule has 12 heteroatoms. The summed E-state index contributed by atoms with van der Waals surface area (Å²) in [5.74, 6) is -0.957. The number of halogens is 6. The molecule has 0 spiro atoms. The van der Waals surface area contributed by atoms with Crippen molar-refractivity contribution >= 4 is 5.97 Å². The van der Waals surface area contributed by atoms with Gasteiger partial charge in [0.15, 0.2) is 5.82 Å². The highest BCUT2D eigenvalue weighted by molar-refractivity contribution is 5.95. The highest BCUT2D eigenvalue weighted by Crippen LogP contribution is 2.36. The van der Waals surface area contributed by atoms with E-state index >= 15 is 0 Å². The number of carbonyl (C=O) groups excluding carboxylic acids is 1. The lowest BCUT2D eigenvalue weighted by molar-refractivity contribution is -0.143. The Kier molecular flexibility index (Phi) is 7.22. The van der Waals surface area contributed by atoms with Crippen molar-refractivity contribution in [2.24, 2.45) is 0 Å². The largest absolute Gasteiger partial charge is 0.416 e. The predicted molar refractivity (Wildman–Crippen MR) is 107 cm³/mol. The van der Waals surface area contributed by atoms with Gasteiger partial charge in [-0.15, -0.1) is 5.06 Å². The van der Waals surface area contributed by atoms with Crippen LogP contribution in [0.15, 0.2) is 54.7 Å². The topological polar surface area (TPSA) is 75.5 Å². The Morgan fingerprint density at radius 2 is 1.59 bits per heavy atom. The summed E-state index contributed by atoms with van der Waals surface area (Å²) < 4.78 is 78.4. The van der Waals surface area contributed by atoms with Crippen molar-refractivity contribution in [1.82, 2.24) is 15.0 Å². The van der Waals surface area contributed by atoms with Crippen LogP contribution in [0.1, 0.15) is 32.9 Å². The standard InChI is InChI=1S/C22H17F6N3O3/c1-31(11-13-7-15(21(23,24)25)9-16(8-13)22(26,27)28)34-20(33)17-10-29-18(12-32)30-19(17)14-5-3-2-4-6-14/h2-10,32H,11-12H2,1H3. The number of aliphatic hydroxyl groups excluding tert-OH is 1. The number of carbonyl (C=O) groups is 1. The smallest absolute Gasteiger partial charge is 0.388 e. The third-order valence-corrected chi connectivity index (χ3v) is 4.54. The number of alkyl halides is 6. The van der Waals surface area contributed by atoms with E-state index in [-0.39, 0.29) is 28.7 Å². The number of hydroxylamine groups is 2. The van der Waals surface area contributed by atoms with Gasteiger partial charge in [0, 0.05) is 18.8 Å². The van der Waals surface area contributed by atoms with Gasteiger partial charge in [-0.3, -0.25) is 0 Å². The summed E-state index contributed by atoms with van der Waals surface area (Å²) in [7, 11) is 1.18. The minimum absolute atomic E-state index is 0.0156. The Balaban J connectivity index is 1.86. The molecule has 1 N–H and O–H groups in total. The third-order valence-electron chi connectivity index (χ3n) is 4.54. The second kappa shape index (κ2) is 9.77. The van der Waals surface area contributed by atoms with Crippen LogP contribution in [-0.4, -0.2) is 33.2 Å². The number of hydrogen-bond donors (Lipinski definition) is 1. The molecule has 0 unspecified atom stereocenters. The molecule has 0 amide bonds. The predicted octanol–water partition coefficient (Wildman–Crippen LogP) is 4.88. The number of benzene rings is 2. The average Bonchev–Trinajstić information content (AvgIpc) is 2.77. The SMILES string of the molecule is CN(Cc1cc(C(F)(F)F)cc(C(F)(F)F)c1)OC(=O)c1cnc(CO)nc1-c1ccccc1. The maximum Gasteiger partial charge on any atom is 0.416 e.